The molecule has 0 radical (unpaired) electrons. The second kappa shape index (κ2) is 7.77. The van der Waals surface area contributed by atoms with E-state index in [-0.39, 0.29) is 0 Å². The van der Waals surface area contributed by atoms with Crippen LogP contribution in [0.25, 0.3) is 0 Å². The second-order valence-corrected chi connectivity index (χ2v) is 5.87. The van der Waals surface area contributed by atoms with E-state index in [1.165, 1.54) is 0 Å². The highest BCUT2D eigenvalue weighted by Gasteiger charge is 2.17. The average Bonchev–Trinajstić information content (AvgIpc) is 2.58. The Balaban J connectivity index is 2.15. The van der Waals surface area contributed by atoms with Gasteiger partial charge in [-0.25, -0.2) is 0 Å². The van der Waals surface area contributed by atoms with Crippen molar-refractivity contribution in [2.45, 2.75) is 40.5 Å². The number of para-hydroxylation sites is 1. The van der Waals surface area contributed by atoms with Crippen molar-refractivity contribution in [1.29, 1.82) is 0 Å². The van der Waals surface area contributed by atoms with Crippen molar-refractivity contribution < 1.29 is 9.59 Å². The van der Waals surface area contributed by atoms with Gasteiger partial charge in [-0.05, 0) is 61.1 Å². The molecule has 2 amide bonds. The van der Waals surface area contributed by atoms with E-state index in [9.17, 15) is 9.59 Å². The van der Waals surface area contributed by atoms with Crippen molar-refractivity contribution in [3.8, 4) is 0 Å². The van der Waals surface area contributed by atoms with Gasteiger partial charge in [-0.1, -0.05) is 38.1 Å². The Kier molecular flexibility index (Phi) is 5.74. The fourth-order valence-electron chi connectivity index (χ4n) is 2.58. The SMILES string of the molecule is CCc1cccc(CC)c1NC(=O)C(=O)Nc1ccc(C)c(C)c1. The van der Waals surface area contributed by atoms with Gasteiger partial charge in [-0.3, -0.25) is 9.59 Å². The molecule has 2 aromatic carbocycles. The Hall–Kier alpha value is -2.62. The zero-order valence-electron chi connectivity index (χ0n) is 14.7. The molecule has 4 nitrogen and oxygen atoms in total. The van der Waals surface area contributed by atoms with E-state index < -0.39 is 11.8 Å². The minimum absolute atomic E-state index is 0.623. The number of anilines is 2. The largest absolute Gasteiger partial charge is 0.318 e. The summed E-state index contributed by atoms with van der Waals surface area (Å²) in [6.07, 6.45) is 1.59. The van der Waals surface area contributed by atoms with Crippen LogP contribution in [0, 0.1) is 13.8 Å². The zero-order chi connectivity index (χ0) is 17.7. The summed E-state index contributed by atoms with van der Waals surface area (Å²) >= 11 is 0. The van der Waals surface area contributed by atoms with Gasteiger partial charge in [0.2, 0.25) is 0 Å². The molecule has 126 valence electrons. The van der Waals surface area contributed by atoms with Gasteiger partial charge in [0.1, 0.15) is 0 Å². The molecule has 0 fully saturated rings. The van der Waals surface area contributed by atoms with Crippen LogP contribution < -0.4 is 10.6 Å². The predicted molar refractivity (Wildman–Crippen MR) is 98.4 cm³/mol. The van der Waals surface area contributed by atoms with Crippen LogP contribution in [-0.2, 0) is 22.4 Å². The van der Waals surface area contributed by atoms with Gasteiger partial charge in [0.15, 0.2) is 0 Å². The molecule has 2 aromatic rings. The minimum Gasteiger partial charge on any atom is -0.318 e. The summed E-state index contributed by atoms with van der Waals surface area (Å²) in [4.78, 5) is 24.5. The Morgan fingerprint density at radius 2 is 1.42 bits per heavy atom. The first-order valence-electron chi connectivity index (χ1n) is 8.26. The summed E-state index contributed by atoms with van der Waals surface area (Å²) in [7, 11) is 0. The predicted octanol–water partition coefficient (Wildman–Crippen LogP) is 4.01. The second-order valence-electron chi connectivity index (χ2n) is 5.87. The van der Waals surface area contributed by atoms with Gasteiger partial charge in [-0.15, -0.1) is 0 Å². The van der Waals surface area contributed by atoms with Crippen LogP contribution in [0.15, 0.2) is 36.4 Å². The van der Waals surface area contributed by atoms with Crippen molar-refractivity contribution in [2.75, 3.05) is 10.6 Å². The lowest BCUT2D eigenvalue weighted by Crippen LogP contribution is -2.30. The van der Waals surface area contributed by atoms with E-state index >= 15 is 0 Å². The number of hydrogen-bond donors (Lipinski definition) is 2. The first-order valence-corrected chi connectivity index (χ1v) is 8.26. The molecule has 4 heteroatoms. The molecule has 0 aliphatic heterocycles. The number of benzene rings is 2. The number of hydrogen-bond acceptors (Lipinski definition) is 2. The lowest BCUT2D eigenvalue weighted by molar-refractivity contribution is -0.133. The van der Waals surface area contributed by atoms with Crippen LogP contribution in [0.2, 0.25) is 0 Å². The molecule has 0 saturated carbocycles. The topological polar surface area (TPSA) is 58.2 Å². The third kappa shape index (κ3) is 4.02. The van der Waals surface area contributed by atoms with Crippen molar-refractivity contribution in [1.82, 2.24) is 0 Å². The maximum Gasteiger partial charge on any atom is 0.314 e. The van der Waals surface area contributed by atoms with E-state index in [4.69, 9.17) is 0 Å². The van der Waals surface area contributed by atoms with Crippen molar-refractivity contribution in [3.63, 3.8) is 0 Å². The Labute approximate surface area is 143 Å². The van der Waals surface area contributed by atoms with Gasteiger partial charge < -0.3 is 10.6 Å². The van der Waals surface area contributed by atoms with E-state index in [2.05, 4.69) is 10.6 Å². The zero-order valence-corrected chi connectivity index (χ0v) is 14.7. The minimum atomic E-state index is -0.661. The summed E-state index contributed by atoms with van der Waals surface area (Å²) in [5.41, 5.74) is 5.64. The molecule has 0 saturated heterocycles. The summed E-state index contributed by atoms with van der Waals surface area (Å²) in [6, 6.07) is 11.5. The van der Waals surface area contributed by atoms with Crippen LogP contribution in [0.4, 0.5) is 11.4 Å². The maximum atomic E-state index is 12.3. The van der Waals surface area contributed by atoms with Crippen LogP contribution >= 0.6 is 0 Å². The molecule has 0 unspecified atom stereocenters. The number of carbonyl (C=O) groups excluding carboxylic acids is 2. The van der Waals surface area contributed by atoms with Gasteiger partial charge in [-0.2, -0.15) is 0 Å². The molecule has 0 atom stereocenters. The Morgan fingerprint density at radius 3 is 1.96 bits per heavy atom. The lowest BCUT2D eigenvalue weighted by atomic mass is 10.0. The molecule has 2 rings (SSSR count). The first-order chi connectivity index (χ1) is 11.5. The fourth-order valence-corrected chi connectivity index (χ4v) is 2.58. The quantitative estimate of drug-likeness (QED) is 0.835. The molecule has 0 spiro atoms. The highest BCUT2D eigenvalue weighted by atomic mass is 16.2. The van der Waals surface area contributed by atoms with Crippen LogP contribution in [0.5, 0.6) is 0 Å². The monoisotopic (exact) mass is 324 g/mol. The molecule has 0 bridgehead atoms. The molecule has 24 heavy (non-hydrogen) atoms. The molecule has 0 aliphatic carbocycles. The fraction of sp³-hybridized carbons (Fsp3) is 0.300. The van der Waals surface area contributed by atoms with Gasteiger partial charge >= 0.3 is 11.8 Å². The Morgan fingerprint density at radius 1 is 0.833 bits per heavy atom. The first kappa shape index (κ1) is 17.7. The number of nitrogens with one attached hydrogen (secondary N) is 2. The molecular formula is C20H24N2O2. The van der Waals surface area contributed by atoms with Crippen molar-refractivity contribution in [2.24, 2.45) is 0 Å². The molecule has 0 aliphatic rings. The molecule has 0 heterocycles. The van der Waals surface area contributed by atoms with E-state index in [0.717, 1.165) is 40.8 Å². The summed E-state index contributed by atoms with van der Waals surface area (Å²) in [6.45, 7) is 8.02. The number of rotatable bonds is 4. The molecular weight excluding hydrogens is 300 g/mol. The van der Waals surface area contributed by atoms with Crippen LogP contribution in [0.3, 0.4) is 0 Å². The van der Waals surface area contributed by atoms with E-state index in [1.54, 1.807) is 6.07 Å². The number of amides is 2. The van der Waals surface area contributed by atoms with Gasteiger partial charge in [0.25, 0.3) is 0 Å². The van der Waals surface area contributed by atoms with Gasteiger partial charge in [0.05, 0.1) is 0 Å². The smallest absolute Gasteiger partial charge is 0.314 e. The Bertz CT molecular complexity index is 744. The standard InChI is InChI=1S/C20H24N2O2/c1-5-15-8-7-9-16(6-2)18(15)22-20(24)19(23)21-17-11-10-13(3)14(4)12-17/h7-12H,5-6H2,1-4H3,(H,21,23)(H,22,24). The lowest BCUT2D eigenvalue weighted by Gasteiger charge is -2.14. The summed E-state index contributed by atoms with van der Waals surface area (Å²) in [5, 5.41) is 5.43. The third-order valence-corrected chi connectivity index (χ3v) is 4.21. The molecule has 0 aromatic heterocycles. The maximum absolute atomic E-state index is 12.3. The average molecular weight is 324 g/mol. The van der Waals surface area contributed by atoms with Crippen molar-refractivity contribution in [3.05, 3.63) is 58.7 Å². The molecule has 2 N–H and O–H groups in total. The third-order valence-electron chi connectivity index (χ3n) is 4.21. The summed E-state index contributed by atoms with van der Waals surface area (Å²) < 4.78 is 0. The number of aryl methyl sites for hydroxylation is 4. The van der Waals surface area contributed by atoms with Gasteiger partial charge in [0, 0.05) is 11.4 Å². The van der Waals surface area contributed by atoms with E-state index in [1.807, 2.05) is 58.0 Å². The van der Waals surface area contributed by atoms with Crippen LogP contribution in [0.1, 0.15) is 36.1 Å². The highest BCUT2D eigenvalue weighted by Crippen LogP contribution is 2.22. The van der Waals surface area contributed by atoms with Crippen molar-refractivity contribution >= 4 is 23.2 Å². The number of carbonyl (C=O) groups is 2. The van der Waals surface area contributed by atoms with Crippen LogP contribution in [-0.4, -0.2) is 11.8 Å². The normalized spacial score (nSPS) is 10.3. The highest BCUT2D eigenvalue weighted by molar-refractivity contribution is 6.43. The summed E-state index contributed by atoms with van der Waals surface area (Å²) in [5.74, 6) is -1.31. The van der Waals surface area contributed by atoms with E-state index in [0.29, 0.717) is 5.69 Å².